The van der Waals surface area contributed by atoms with Crippen molar-refractivity contribution < 1.29 is 14.7 Å². The molecule has 0 saturated carbocycles. The molecule has 1 aliphatic heterocycles. The number of aromatic carboxylic acids is 1. The highest BCUT2D eigenvalue weighted by Crippen LogP contribution is 2.21. The number of carboxylic acid groups (broad SMARTS) is 1. The quantitative estimate of drug-likeness (QED) is 0.915. The number of rotatable bonds is 4. The lowest BCUT2D eigenvalue weighted by atomic mass is 9.93. The van der Waals surface area contributed by atoms with Crippen LogP contribution in [0.1, 0.15) is 35.8 Å². The number of carboxylic acids is 1. The van der Waals surface area contributed by atoms with Crippen LogP contribution in [0.15, 0.2) is 30.9 Å². The van der Waals surface area contributed by atoms with Gasteiger partial charge >= 0.3 is 5.97 Å². The van der Waals surface area contributed by atoms with Gasteiger partial charge in [0.25, 0.3) is 0 Å². The molecule has 0 aromatic carbocycles. The zero-order chi connectivity index (χ0) is 17.8. The monoisotopic (exact) mass is 340 g/mol. The van der Waals surface area contributed by atoms with E-state index in [-0.39, 0.29) is 11.5 Å². The van der Waals surface area contributed by atoms with E-state index in [0.717, 1.165) is 38.0 Å². The third kappa shape index (κ3) is 4.17. The predicted octanol–water partition coefficient (Wildman–Crippen LogP) is 2.04. The Morgan fingerprint density at radius 2 is 2.08 bits per heavy atom. The van der Waals surface area contributed by atoms with E-state index in [1.165, 1.54) is 12.3 Å². The molecule has 1 saturated heterocycles. The molecular weight excluding hydrogens is 320 g/mol. The van der Waals surface area contributed by atoms with Crippen molar-refractivity contribution >= 4 is 11.9 Å². The molecule has 130 valence electrons. The number of hydrogen-bond donors (Lipinski definition) is 1. The Kier molecular flexibility index (Phi) is 5.02. The van der Waals surface area contributed by atoms with Crippen LogP contribution < -0.4 is 0 Å². The Hall–Kier alpha value is -2.83. The zero-order valence-electron chi connectivity index (χ0n) is 14.1. The van der Waals surface area contributed by atoms with Crippen molar-refractivity contribution in [1.29, 1.82) is 0 Å². The molecule has 1 unspecified atom stereocenters. The molecule has 1 amide bonds. The standard InChI is InChI=1S/C18H20N4O3/c1-12(23)22-4-2-3-13(11-22)5-16-9-21-17(10-20-16)14-6-15(18(24)25)8-19-7-14/h6-10,13H,2-5,11H2,1H3,(H,24,25). The van der Waals surface area contributed by atoms with Gasteiger partial charge in [0.2, 0.25) is 5.91 Å². The van der Waals surface area contributed by atoms with E-state index in [1.54, 1.807) is 25.5 Å². The van der Waals surface area contributed by atoms with E-state index in [4.69, 9.17) is 5.11 Å². The fourth-order valence-corrected chi connectivity index (χ4v) is 3.12. The smallest absolute Gasteiger partial charge is 0.337 e. The highest BCUT2D eigenvalue weighted by molar-refractivity contribution is 5.88. The van der Waals surface area contributed by atoms with Gasteiger partial charge in [-0.15, -0.1) is 0 Å². The molecule has 0 spiro atoms. The van der Waals surface area contributed by atoms with Gasteiger partial charge in [0.15, 0.2) is 0 Å². The Morgan fingerprint density at radius 3 is 2.76 bits per heavy atom. The summed E-state index contributed by atoms with van der Waals surface area (Å²) in [7, 11) is 0. The molecule has 2 aromatic heterocycles. The summed E-state index contributed by atoms with van der Waals surface area (Å²) in [4.78, 5) is 37.2. The fraction of sp³-hybridized carbons (Fsp3) is 0.389. The number of piperidine rings is 1. The second-order valence-corrected chi connectivity index (χ2v) is 6.34. The predicted molar refractivity (Wildman–Crippen MR) is 90.9 cm³/mol. The summed E-state index contributed by atoms with van der Waals surface area (Å²) >= 11 is 0. The molecule has 3 heterocycles. The lowest BCUT2D eigenvalue weighted by Crippen LogP contribution is -2.39. The number of pyridine rings is 1. The zero-order valence-corrected chi connectivity index (χ0v) is 14.1. The van der Waals surface area contributed by atoms with Gasteiger partial charge in [0.05, 0.1) is 23.1 Å². The topological polar surface area (TPSA) is 96.3 Å². The Morgan fingerprint density at radius 1 is 1.24 bits per heavy atom. The number of carbonyl (C=O) groups excluding carboxylic acids is 1. The average molecular weight is 340 g/mol. The molecule has 25 heavy (non-hydrogen) atoms. The molecule has 7 heteroatoms. The molecule has 1 fully saturated rings. The number of nitrogens with zero attached hydrogens (tertiary/aromatic N) is 4. The minimum Gasteiger partial charge on any atom is -0.478 e. The number of likely N-dealkylation sites (tertiary alicyclic amines) is 1. The van der Waals surface area contributed by atoms with E-state index in [0.29, 0.717) is 17.2 Å². The highest BCUT2D eigenvalue weighted by atomic mass is 16.4. The normalized spacial score (nSPS) is 17.3. The number of aromatic nitrogens is 3. The second-order valence-electron chi connectivity index (χ2n) is 6.34. The van der Waals surface area contributed by atoms with Gasteiger partial charge in [-0.1, -0.05) is 0 Å². The van der Waals surface area contributed by atoms with Crippen molar-refractivity contribution in [2.45, 2.75) is 26.2 Å². The Bertz CT molecular complexity index is 776. The van der Waals surface area contributed by atoms with Crippen LogP contribution >= 0.6 is 0 Å². The van der Waals surface area contributed by atoms with Gasteiger partial charge in [-0.2, -0.15) is 0 Å². The van der Waals surface area contributed by atoms with Crippen LogP contribution in [0.5, 0.6) is 0 Å². The van der Waals surface area contributed by atoms with Gasteiger partial charge in [-0.3, -0.25) is 19.7 Å². The van der Waals surface area contributed by atoms with Crippen LogP contribution in [-0.2, 0) is 11.2 Å². The first-order valence-corrected chi connectivity index (χ1v) is 8.28. The van der Waals surface area contributed by atoms with Crippen molar-refractivity contribution in [3.8, 4) is 11.3 Å². The largest absolute Gasteiger partial charge is 0.478 e. The molecule has 1 N–H and O–H groups in total. The third-order valence-corrected chi connectivity index (χ3v) is 4.45. The summed E-state index contributed by atoms with van der Waals surface area (Å²) < 4.78 is 0. The third-order valence-electron chi connectivity index (χ3n) is 4.45. The molecule has 1 atom stereocenters. The van der Waals surface area contributed by atoms with Crippen molar-refractivity contribution in [1.82, 2.24) is 19.9 Å². The number of carbonyl (C=O) groups is 2. The van der Waals surface area contributed by atoms with Crippen LogP contribution in [0.4, 0.5) is 0 Å². The fourth-order valence-electron chi connectivity index (χ4n) is 3.12. The minimum absolute atomic E-state index is 0.120. The summed E-state index contributed by atoms with van der Waals surface area (Å²) in [5, 5.41) is 9.04. The molecule has 0 aliphatic carbocycles. The molecule has 7 nitrogen and oxygen atoms in total. The van der Waals surface area contributed by atoms with Gasteiger partial charge in [-0.25, -0.2) is 4.79 Å². The maximum absolute atomic E-state index is 11.5. The molecule has 0 bridgehead atoms. The van der Waals surface area contributed by atoms with Gasteiger partial charge in [-0.05, 0) is 31.2 Å². The first-order chi connectivity index (χ1) is 12.0. The first-order valence-electron chi connectivity index (χ1n) is 8.28. The average Bonchev–Trinajstić information content (AvgIpc) is 2.62. The summed E-state index contributed by atoms with van der Waals surface area (Å²) in [6.45, 7) is 3.21. The SMILES string of the molecule is CC(=O)N1CCCC(Cc2cnc(-c3cncc(C(=O)O)c3)cn2)C1. The summed E-state index contributed by atoms with van der Waals surface area (Å²) in [6.07, 6.45) is 9.12. The van der Waals surface area contributed by atoms with Crippen LogP contribution in [-0.4, -0.2) is 49.9 Å². The van der Waals surface area contributed by atoms with Gasteiger partial charge in [0.1, 0.15) is 0 Å². The van der Waals surface area contributed by atoms with E-state index in [9.17, 15) is 9.59 Å². The van der Waals surface area contributed by atoms with E-state index >= 15 is 0 Å². The van der Waals surface area contributed by atoms with Gasteiger partial charge < -0.3 is 10.0 Å². The maximum Gasteiger partial charge on any atom is 0.337 e. The van der Waals surface area contributed by atoms with Crippen molar-refractivity contribution in [3.63, 3.8) is 0 Å². The number of amides is 1. The van der Waals surface area contributed by atoms with Crippen LogP contribution in [0.2, 0.25) is 0 Å². The summed E-state index contributed by atoms with van der Waals surface area (Å²) in [5.74, 6) is -0.502. The second kappa shape index (κ2) is 7.38. The number of hydrogen-bond acceptors (Lipinski definition) is 5. The molecule has 3 rings (SSSR count). The molecule has 0 radical (unpaired) electrons. The van der Waals surface area contributed by atoms with Crippen molar-refractivity contribution in [3.05, 3.63) is 42.1 Å². The van der Waals surface area contributed by atoms with E-state index in [2.05, 4.69) is 15.0 Å². The van der Waals surface area contributed by atoms with Crippen LogP contribution in [0.3, 0.4) is 0 Å². The summed E-state index contributed by atoms with van der Waals surface area (Å²) in [6, 6.07) is 1.53. The highest BCUT2D eigenvalue weighted by Gasteiger charge is 2.22. The first kappa shape index (κ1) is 17.0. The molecular formula is C18H20N4O3. The summed E-state index contributed by atoms with van der Waals surface area (Å²) in [5.41, 5.74) is 2.21. The van der Waals surface area contributed by atoms with Gasteiger partial charge in [0, 0.05) is 44.2 Å². The van der Waals surface area contributed by atoms with E-state index in [1.807, 2.05) is 4.90 Å². The molecule has 1 aliphatic rings. The molecule has 2 aromatic rings. The van der Waals surface area contributed by atoms with E-state index < -0.39 is 5.97 Å². The lowest BCUT2D eigenvalue weighted by molar-refractivity contribution is -0.130. The van der Waals surface area contributed by atoms with Crippen LogP contribution in [0, 0.1) is 5.92 Å². The van der Waals surface area contributed by atoms with Crippen molar-refractivity contribution in [2.75, 3.05) is 13.1 Å². The Balaban J connectivity index is 1.69. The van der Waals surface area contributed by atoms with Crippen molar-refractivity contribution in [2.24, 2.45) is 5.92 Å². The minimum atomic E-state index is -1.02. The Labute approximate surface area is 145 Å². The lowest BCUT2D eigenvalue weighted by Gasteiger charge is -2.31. The van der Waals surface area contributed by atoms with Crippen LogP contribution in [0.25, 0.3) is 11.3 Å². The maximum atomic E-state index is 11.5.